The summed E-state index contributed by atoms with van der Waals surface area (Å²) in [4.78, 5) is 20.7. The number of hydrogen-bond acceptors (Lipinski definition) is 3. The molecule has 1 saturated heterocycles. The van der Waals surface area contributed by atoms with Crippen LogP contribution in [0.25, 0.3) is 0 Å². The molecule has 2 unspecified atom stereocenters. The summed E-state index contributed by atoms with van der Waals surface area (Å²) in [5.74, 6) is -1.50. The third-order valence-corrected chi connectivity index (χ3v) is 2.89. The van der Waals surface area contributed by atoms with Crippen molar-refractivity contribution in [1.82, 2.24) is 0 Å². The van der Waals surface area contributed by atoms with Crippen molar-refractivity contribution in [2.45, 2.75) is 5.25 Å². The maximum absolute atomic E-state index is 10.4. The first-order valence-electron chi connectivity index (χ1n) is 2.76. The van der Waals surface area contributed by atoms with Crippen molar-refractivity contribution >= 4 is 23.6 Å². The van der Waals surface area contributed by atoms with E-state index in [9.17, 15) is 9.59 Å². The van der Waals surface area contributed by atoms with E-state index < -0.39 is 23.0 Å². The van der Waals surface area contributed by atoms with Crippen LogP contribution in [0.15, 0.2) is 0 Å². The van der Waals surface area contributed by atoms with Gasteiger partial charge in [-0.2, -0.15) is 0 Å². The minimum absolute atomic E-state index is 0.502. The summed E-state index contributed by atoms with van der Waals surface area (Å²) < 4.78 is 0. The number of hydrogen-bond donors (Lipinski definition) is 2. The lowest BCUT2D eigenvalue weighted by Gasteiger charge is -2.29. The summed E-state index contributed by atoms with van der Waals surface area (Å²) in [5.41, 5.74) is 4.90. The molecule has 0 spiro atoms. The maximum atomic E-state index is 10.4. The minimum Gasteiger partial charge on any atom is -0.481 e. The summed E-state index contributed by atoms with van der Waals surface area (Å²) >= 11 is 1.29. The highest BCUT2D eigenvalue weighted by Crippen LogP contribution is 2.34. The molecule has 1 amide bonds. The molecule has 0 saturated carbocycles. The fourth-order valence-electron chi connectivity index (χ4n) is 0.770. The lowest BCUT2D eigenvalue weighted by molar-refractivity contribution is -0.143. The second-order valence-corrected chi connectivity index (χ2v) is 3.28. The summed E-state index contributed by atoms with van der Waals surface area (Å²) in [7, 11) is 0. The van der Waals surface area contributed by atoms with Gasteiger partial charge >= 0.3 is 5.97 Å². The minimum atomic E-state index is -0.928. The Labute approximate surface area is 61.8 Å². The second-order valence-electron chi connectivity index (χ2n) is 2.10. The Hall–Kier alpha value is -0.710. The highest BCUT2D eigenvalue weighted by Gasteiger charge is 2.41. The van der Waals surface area contributed by atoms with Crippen molar-refractivity contribution in [2.75, 3.05) is 5.75 Å². The monoisotopic (exact) mass is 161 g/mol. The molecule has 1 aliphatic rings. The Morgan fingerprint density at radius 3 is 2.30 bits per heavy atom. The van der Waals surface area contributed by atoms with E-state index in [1.54, 1.807) is 0 Å². The first-order chi connectivity index (χ1) is 4.63. The normalized spacial score (nSPS) is 30.8. The summed E-state index contributed by atoms with van der Waals surface area (Å²) in [5, 5.41) is 7.93. The summed E-state index contributed by atoms with van der Waals surface area (Å²) in [6, 6.07) is 0. The molecule has 2 atom stereocenters. The van der Waals surface area contributed by atoms with Crippen molar-refractivity contribution in [1.29, 1.82) is 0 Å². The molecule has 56 valence electrons. The Bertz CT molecular complexity index is 162. The van der Waals surface area contributed by atoms with Crippen LogP contribution < -0.4 is 5.73 Å². The van der Waals surface area contributed by atoms with E-state index in [0.29, 0.717) is 5.75 Å². The van der Waals surface area contributed by atoms with Crippen LogP contribution in [0.3, 0.4) is 0 Å². The molecule has 1 heterocycles. The van der Waals surface area contributed by atoms with Crippen molar-refractivity contribution < 1.29 is 14.7 Å². The molecule has 0 aromatic rings. The van der Waals surface area contributed by atoms with Gasteiger partial charge in [-0.25, -0.2) is 0 Å². The van der Waals surface area contributed by atoms with Gasteiger partial charge in [-0.1, -0.05) is 0 Å². The van der Waals surface area contributed by atoms with Crippen LogP contribution in [-0.4, -0.2) is 28.0 Å². The van der Waals surface area contributed by atoms with Crippen LogP contribution in [0, 0.1) is 5.92 Å². The summed E-state index contributed by atoms with van der Waals surface area (Å²) in [6.07, 6.45) is 0. The standard InChI is InChI=1S/C5H7NO3S/c6-4(7)3-2(1-10-3)5(8)9/h2-3H,1H2,(H2,6,7)(H,8,9). The van der Waals surface area contributed by atoms with E-state index in [1.165, 1.54) is 11.8 Å². The number of primary amides is 1. The smallest absolute Gasteiger partial charge is 0.309 e. The predicted octanol–water partition coefficient (Wildman–Crippen LogP) is -0.712. The lowest BCUT2D eigenvalue weighted by Crippen LogP contribution is -2.45. The van der Waals surface area contributed by atoms with Crippen LogP contribution in [0.2, 0.25) is 0 Å². The molecular formula is C5H7NO3S. The zero-order valence-corrected chi connectivity index (χ0v) is 5.93. The van der Waals surface area contributed by atoms with Gasteiger partial charge in [0, 0.05) is 5.75 Å². The number of nitrogens with two attached hydrogens (primary N) is 1. The van der Waals surface area contributed by atoms with Gasteiger partial charge in [0.1, 0.15) is 0 Å². The molecule has 1 fully saturated rings. The van der Waals surface area contributed by atoms with Crippen LogP contribution in [0.4, 0.5) is 0 Å². The quantitative estimate of drug-likeness (QED) is 0.560. The van der Waals surface area contributed by atoms with Gasteiger partial charge in [-0.15, -0.1) is 11.8 Å². The molecule has 5 heteroatoms. The average Bonchev–Trinajstić information content (AvgIpc) is 1.56. The predicted molar refractivity (Wildman–Crippen MR) is 36.6 cm³/mol. The van der Waals surface area contributed by atoms with E-state index in [1.807, 2.05) is 0 Å². The fraction of sp³-hybridized carbons (Fsp3) is 0.600. The van der Waals surface area contributed by atoms with Crippen molar-refractivity contribution in [3.05, 3.63) is 0 Å². The van der Waals surface area contributed by atoms with Crippen LogP contribution in [0.1, 0.15) is 0 Å². The van der Waals surface area contributed by atoms with Gasteiger partial charge in [-0.05, 0) is 0 Å². The Morgan fingerprint density at radius 1 is 1.60 bits per heavy atom. The highest BCUT2D eigenvalue weighted by molar-refractivity contribution is 8.02. The molecule has 1 rings (SSSR count). The number of aliphatic carboxylic acids is 1. The third kappa shape index (κ3) is 1.09. The van der Waals surface area contributed by atoms with Gasteiger partial charge in [-0.3, -0.25) is 9.59 Å². The summed E-state index contributed by atoms with van der Waals surface area (Å²) in [6.45, 7) is 0. The van der Waals surface area contributed by atoms with Gasteiger partial charge in [0.2, 0.25) is 5.91 Å². The van der Waals surface area contributed by atoms with E-state index >= 15 is 0 Å². The SMILES string of the molecule is NC(=O)C1SCC1C(=O)O. The number of amides is 1. The van der Waals surface area contributed by atoms with E-state index in [-0.39, 0.29) is 0 Å². The topological polar surface area (TPSA) is 80.4 Å². The molecule has 0 radical (unpaired) electrons. The second kappa shape index (κ2) is 2.49. The largest absolute Gasteiger partial charge is 0.481 e. The van der Waals surface area contributed by atoms with Gasteiger partial charge in [0.15, 0.2) is 0 Å². The molecule has 10 heavy (non-hydrogen) atoms. The van der Waals surface area contributed by atoms with Crippen molar-refractivity contribution in [2.24, 2.45) is 11.7 Å². The molecular weight excluding hydrogens is 154 g/mol. The average molecular weight is 161 g/mol. The first-order valence-corrected chi connectivity index (χ1v) is 3.81. The number of carbonyl (C=O) groups is 2. The number of carboxylic acids is 1. The Morgan fingerprint density at radius 2 is 2.20 bits per heavy atom. The maximum Gasteiger partial charge on any atom is 0.309 e. The number of rotatable bonds is 2. The molecule has 0 bridgehead atoms. The fourth-order valence-corrected chi connectivity index (χ4v) is 1.77. The van der Waals surface area contributed by atoms with Gasteiger partial charge in [0.05, 0.1) is 11.2 Å². The number of carbonyl (C=O) groups excluding carboxylic acids is 1. The molecule has 0 aromatic carbocycles. The molecule has 1 aliphatic heterocycles. The first kappa shape index (κ1) is 7.40. The molecule has 0 aromatic heterocycles. The van der Waals surface area contributed by atoms with Crippen LogP contribution in [0.5, 0.6) is 0 Å². The van der Waals surface area contributed by atoms with E-state index in [0.717, 1.165) is 0 Å². The molecule has 3 N–H and O–H groups in total. The van der Waals surface area contributed by atoms with E-state index in [2.05, 4.69) is 0 Å². The number of carboxylic acid groups (broad SMARTS) is 1. The Balaban J connectivity index is 2.51. The van der Waals surface area contributed by atoms with E-state index in [4.69, 9.17) is 10.8 Å². The zero-order valence-electron chi connectivity index (χ0n) is 5.11. The molecule has 0 aliphatic carbocycles. The van der Waals surface area contributed by atoms with Crippen molar-refractivity contribution in [3.63, 3.8) is 0 Å². The van der Waals surface area contributed by atoms with Gasteiger partial charge in [0.25, 0.3) is 0 Å². The van der Waals surface area contributed by atoms with Crippen LogP contribution >= 0.6 is 11.8 Å². The highest BCUT2D eigenvalue weighted by atomic mass is 32.2. The van der Waals surface area contributed by atoms with Crippen LogP contribution in [-0.2, 0) is 9.59 Å². The Kier molecular flexibility index (Phi) is 1.85. The molecule has 4 nitrogen and oxygen atoms in total. The zero-order chi connectivity index (χ0) is 7.72. The third-order valence-electron chi connectivity index (χ3n) is 1.42. The van der Waals surface area contributed by atoms with Gasteiger partial charge < -0.3 is 10.8 Å². The van der Waals surface area contributed by atoms with Crippen molar-refractivity contribution in [3.8, 4) is 0 Å². The lowest BCUT2D eigenvalue weighted by atomic mass is 10.1. The number of thioether (sulfide) groups is 1.